The van der Waals surface area contributed by atoms with E-state index in [0.29, 0.717) is 6.54 Å². The molecule has 0 amide bonds. The number of nitrogens with zero attached hydrogens (tertiary/aromatic N) is 2. The Morgan fingerprint density at radius 2 is 1.88 bits per heavy atom. The Morgan fingerprint density at radius 3 is 2.00 bits per heavy atom. The third kappa shape index (κ3) is 2.71. The van der Waals surface area contributed by atoms with Gasteiger partial charge in [0.15, 0.2) is 0 Å². The van der Waals surface area contributed by atoms with Crippen molar-refractivity contribution < 1.29 is 4.79 Å². The predicted octanol–water partition coefficient (Wildman–Crippen LogP) is -0.406. The maximum atomic E-state index is 9.85. The van der Waals surface area contributed by atoms with Crippen molar-refractivity contribution in [3.63, 3.8) is 0 Å². The average molecular weight is 116 g/mol. The third-order valence-electron chi connectivity index (χ3n) is 1.02. The van der Waals surface area contributed by atoms with Gasteiger partial charge in [0.25, 0.3) is 0 Å². The van der Waals surface area contributed by atoms with E-state index in [-0.39, 0.29) is 0 Å². The molecule has 0 aliphatic rings. The third-order valence-corrected chi connectivity index (χ3v) is 1.02. The van der Waals surface area contributed by atoms with Crippen LogP contribution in [0.5, 0.6) is 0 Å². The van der Waals surface area contributed by atoms with Crippen LogP contribution in [0, 0.1) is 0 Å². The molecule has 0 N–H and O–H groups in total. The van der Waals surface area contributed by atoms with Crippen LogP contribution in [0.4, 0.5) is 0 Å². The maximum absolute atomic E-state index is 9.85. The van der Waals surface area contributed by atoms with Gasteiger partial charge >= 0.3 is 0 Å². The summed E-state index contributed by atoms with van der Waals surface area (Å²) in [5.41, 5.74) is 0. The molecule has 0 aliphatic heterocycles. The quantitative estimate of drug-likeness (QED) is 0.370. The van der Waals surface area contributed by atoms with Crippen molar-refractivity contribution in [3.8, 4) is 0 Å². The topological polar surface area (TPSA) is 23.6 Å². The molecule has 0 saturated heterocycles. The molecule has 0 saturated carbocycles. The van der Waals surface area contributed by atoms with Crippen molar-refractivity contribution in [2.45, 2.75) is 0 Å². The fourth-order valence-corrected chi connectivity index (χ4v) is 0.271. The predicted molar refractivity (Wildman–Crippen MR) is 32.4 cm³/mol. The summed E-state index contributed by atoms with van der Waals surface area (Å²) < 4.78 is 0. The SMILES string of the molecule is CN(C)N(C)CC=O. The van der Waals surface area contributed by atoms with E-state index in [2.05, 4.69) is 0 Å². The summed E-state index contributed by atoms with van der Waals surface area (Å²) in [4.78, 5) is 9.85. The summed E-state index contributed by atoms with van der Waals surface area (Å²) in [5.74, 6) is 0. The molecule has 0 unspecified atom stereocenters. The van der Waals surface area contributed by atoms with Gasteiger partial charge in [-0.3, -0.25) is 0 Å². The van der Waals surface area contributed by atoms with Gasteiger partial charge in [-0.05, 0) is 0 Å². The van der Waals surface area contributed by atoms with Crippen molar-refractivity contribution in [2.24, 2.45) is 0 Å². The molecule has 0 aromatic carbocycles. The first-order valence-corrected chi connectivity index (χ1v) is 2.50. The number of hydrogen-bond donors (Lipinski definition) is 0. The number of likely N-dealkylation sites (N-methyl/N-ethyl adjacent to an activating group) is 1. The molecule has 0 radical (unpaired) electrons. The highest BCUT2D eigenvalue weighted by Gasteiger charge is 1.95. The first kappa shape index (κ1) is 7.59. The van der Waals surface area contributed by atoms with Crippen LogP contribution < -0.4 is 0 Å². The second kappa shape index (κ2) is 3.57. The van der Waals surface area contributed by atoms with Gasteiger partial charge in [0.1, 0.15) is 6.29 Å². The highest BCUT2D eigenvalue weighted by atomic mass is 16.1. The van der Waals surface area contributed by atoms with Crippen molar-refractivity contribution in [1.82, 2.24) is 10.0 Å². The Morgan fingerprint density at radius 1 is 1.38 bits per heavy atom. The lowest BCUT2D eigenvalue weighted by molar-refractivity contribution is -0.111. The Labute approximate surface area is 49.9 Å². The molecule has 0 rings (SSSR count). The van der Waals surface area contributed by atoms with Gasteiger partial charge < -0.3 is 4.79 Å². The summed E-state index contributed by atoms with van der Waals surface area (Å²) in [6, 6.07) is 0. The van der Waals surface area contributed by atoms with Gasteiger partial charge in [0.05, 0.1) is 6.54 Å². The number of hydrazine groups is 1. The molecular formula is C5H12N2O. The lowest BCUT2D eigenvalue weighted by Crippen LogP contribution is -2.34. The van der Waals surface area contributed by atoms with Crippen molar-refractivity contribution in [1.29, 1.82) is 0 Å². The smallest absolute Gasteiger partial charge is 0.135 e. The fraction of sp³-hybridized carbons (Fsp3) is 0.800. The Kier molecular flexibility index (Phi) is 3.39. The molecule has 0 spiro atoms. The molecule has 0 aromatic heterocycles. The molecule has 0 bridgehead atoms. The summed E-state index contributed by atoms with van der Waals surface area (Å²) in [6.07, 6.45) is 0.875. The fourth-order valence-electron chi connectivity index (χ4n) is 0.271. The normalized spacial score (nSPS) is 10.6. The number of carbonyl (C=O) groups is 1. The minimum Gasteiger partial charge on any atom is -0.302 e. The zero-order valence-corrected chi connectivity index (χ0v) is 5.59. The number of hydrogen-bond acceptors (Lipinski definition) is 3. The number of aldehydes is 1. The second-order valence-electron chi connectivity index (χ2n) is 1.85. The zero-order valence-electron chi connectivity index (χ0n) is 5.59. The molecule has 0 aliphatic carbocycles. The van der Waals surface area contributed by atoms with Gasteiger partial charge in [-0.15, -0.1) is 0 Å². The molecule has 8 heavy (non-hydrogen) atoms. The highest BCUT2D eigenvalue weighted by Crippen LogP contribution is 1.79. The van der Waals surface area contributed by atoms with Crippen LogP contribution in [-0.2, 0) is 4.79 Å². The van der Waals surface area contributed by atoms with Crippen molar-refractivity contribution in [3.05, 3.63) is 0 Å². The van der Waals surface area contributed by atoms with Crippen LogP contribution in [0.25, 0.3) is 0 Å². The van der Waals surface area contributed by atoms with E-state index in [1.807, 2.05) is 31.2 Å². The van der Waals surface area contributed by atoms with E-state index in [1.54, 1.807) is 0 Å². The lowest BCUT2D eigenvalue weighted by atomic mass is 10.7. The number of rotatable bonds is 3. The van der Waals surface area contributed by atoms with Gasteiger partial charge in [-0.25, -0.2) is 10.0 Å². The molecule has 3 nitrogen and oxygen atoms in total. The van der Waals surface area contributed by atoms with Crippen molar-refractivity contribution in [2.75, 3.05) is 27.7 Å². The van der Waals surface area contributed by atoms with E-state index >= 15 is 0 Å². The molecule has 3 heteroatoms. The summed E-state index contributed by atoms with van der Waals surface area (Å²) >= 11 is 0. The summed E-state index contributed by atoms with van der Waals surface area (Å²) in [7, 11) is 5.64. The summed E-state index contributed by atoms with van der Waals surface area (Å²) in [5, 5.41) is 3.67. The Bertz CT molecular complexity index is 72.8. The van der Waals surface area contributed by atoms with Crippen LogP contribution in [0.2, 0.25) is 0 Å². The molecule has 0 atom stereocenters. The minimum absolute atomic E-state index is 0.465. The van der Waals surface area contributed by atoms with E-state index in [0.717, 1.165) is 6.29 Å². The van der Waals surface area contributed by atoms with E-state index in [4.69, 9.17) is 0 Å². The van der Waals surface area contributed by atoms with Gasteiger partial charge in [-0.1, -0.05) is 0 Å². The first-order chi connectivity index (χ1) is 3.68. The number of carbonyl (C=O) groups excluding carboxylic acids is 1. The molecule has 0 heterocycles. The van der Waals surface area contributed by atoms with Gasteiger partial charge in [0, 0.05) is 21.1 Å². The molecule has 48 valence electrons. The second-order valence-corrected chi connectivity index (χ2v) is 1.85. The standard InChI is InChI=1S/C5H12N2O/c1-6(2)7(3)4-5-8/h5H,4H2,1-3H3. The average Bonchev–Trinajstić information content (AvgIpc) is 1.67. The van der Waals surface area contributed by atoms with Crippen LogP contribution in [0.15, 0.2) is 0 Å². The van der Waals surface area contributed by atoms with E-state index in [9.17, 15) is 4.79 Å². The molecular weight excluding hydrogens is 104 g/mol. The van der Waals surface area contributed by atoms with Crippen molar-refractivity contribution >= 4 is 6.29 Å². The monoisotopic (exact) mass is 116 g/mol. The Hall–Kier alpha value is -0.410. The van der Waals surface area contributed by atoms with Gasteiger partial charge in [0.2, 0.25) is 0 Å². The maximum Gasteiger partial charge on any atom is 0.135 e. The minimum atomic E-state index is 0.465. The van der Waals surface area contributed by atoms with E-state index in [1.165, 1.54) is 0 Å². The van der Waals surface area contributed by atoms with Crippen LogP contribution >= 0.6 is 0 Å². The zero-order chi connectivity index (χ0) is 6.57. The summed E-state index contributed by atoms with van der Waals surface area (Å²) in [6.45, 7) is 0.465. The molecule has 0 fully saturated rings. The van der Waals surface area contributed by atoms with E-state index < -0.39 is 0 Å². The molecule has 0 aromatic rings. The van der Waals surface area contributed by atoms with Gasteiger partial charge in [-0.2, -0.15) is 0 Å². The van der Waals surface area contributed by atoms with Crippen LogP contribution in [0.3, 0.4) is 0 Å². The van der Waals surface area contributed by atoms with Crippen LogP contribution in [-0.4, -0.2) is 44.0 Å². The van der Waals surface area contributed by atoms with Crippen LogP contribution in [0.1, 0.15) is 0 Å². The first-order valence-electron chi connectivity index (χ1n) is 2.50. The lowest BCUT2D eigenvalue weighted by Gasteiger charge is -2.20. The largest absolute Gasteiger partial charge is 0.302 e. The highest BCUT2D eigenvalue weighted by molar-refractivity contribution is 5.51. The Balaban J connectivity index is 3.30.